The van der Waals surface area contributed by atoms with Crippen LogP contribution in [0.5, 0.6) is 0 Å². The summed E-state index contributed by atoms with van der Waals surface area (Å²) in [6.45, 7) is 4.51. The Morgan fingerprint density at radius 2 is 2.50 bits per heavy atom. The molecule has 0 N–H and O–H groups in total. The van der Waals surface area contributed by atoms with Gasteiger partial charge in [-0.05, 0) is 44.4 Å². The number of hydrogen-bond donors (Lipinski definition) is 0. The molecule has 1 aliphatic rings. The van der Waals surface area contributed by atoms with E-state index in [1.807, 2.05) is 12.1 Å². The monoisotopic (exact) mass is 189 g/mol. The maximum absolute atomic E-state index is 8.38. The minimum atomic E-state index is 0.712. The fourth-order valence-electron chi connectivity index (χ4n) is 2.03. The zero-order valence-electron chi connectivity index (χ0n) is 9.16. The smallest absolute Gasteiger partial charge is 0.0908 e. The van der Waals surface area contributed by atoms with Gasteiger partial charge in [-0.2, -0.15) is 5.26 Å². The van der Waals surface area contributed by atoms with E-state index in [1.54, 1.807) is 11.6 Å². The van der Waals surface area contributed by atoms with E-state index in [0.29, 0.717) is 5.92 Å². The lowest BCUT2D eigenvalue weighted by molar-refractivity contribution is 0.330. The summed E-state index contributed by atoms with van der Waals surface area (Å²) < 4.78 is 0. The van der Waals surface area contributed by atoms with Crippen molar-refractivity contribution in [2.24, 2.45) is 11.8 Å². The molecule has 0 amide bonds. The van der Waals surface area contributed by atoms with Crippen LogP contribution >= 0.6 is 0 Å². The third-order valence-corrected chi connectivity index (χ3v) is 3.18. The van der Waals surface area contributed by atoms with Crippen LogP contribution in [0.1, 0.15) is 39.5 Å². The molecule has 14 heavy (non-hydrogen) atoms. The first kappa shape index (κ1) is 11.0. The summed E-state index contributed by atoms with van der Waals surface area (Å²) in [5.74, 6) is 1.53. The predicted molar refractivity (Wildman–Crippen MR) is 59.6 cm³/mol. The second-order valence-electron chi connectivity index (χ2n) is 4.33. The van der Waals surface area contributed by atoms with Gasteiger partial charge < -0.3 is 0 Å². The minimum Gasteiger partial charge on any atom is -0.193 e. The number of nitrogens with zero attached hydrogens (tertiary/aromatic N) is 1. The highest BCUT2D eigenvalue weighted by atomic mass is 14.2. The number of nitriles is 1. The van der Waals surface area contributed by atoms with Crippen molar-refractivity contribution in [2.75, 3.05) is 0 Å². The molecule has 0 saturated heterocycles. The Labute approximate surface area is 87.1 Å². The van der Waals surface area contributed by atoms with Gasteiger partial charge in [-0.25, -0.2) is 0 Å². The third kappa shape index (κ3) is 3.38. The number of allylic oxidation sites excluding steroid dienone is 4. The molecule has 0 aromatic rings. The van der Waals surface area contributed by atoms with Crippen LogP contribution in [0.15, 0.2) is 23.8 Å². The predicted octanol–water partition coefficient (Wildman–Crippen LogP) is 3.84. The van der Waals surface area contributed by atoms with Crippen molar-refractivity contribution in [3.63, 3.8) is 0 Å². The molecule has 76 valence electrons. The third-order valence-electron chi connectivity index (χ3n) is 3.18. The van der Waals surface area contributed by atoms with Crippen LogP contribution in [0.25, 0.3) is 0 Å². The maximum Gasteiger partial charge on any atom is 0.0908 e. The van der Waals surface area contributed by atoms with Gasteiger partial charge in [0.15, 0.2) is 0 Å². The molecule has 0 saturated carbocycles. The van der Waals surface area contributed by atoms with Gasteiger partial charge in [0.25, 0.3) is 0 Å². The molecule has 0 unspecified atom stereocenters. The van der Waals surface area contributed by atoms with E-state index in [-0.39, 0.29) is 0 Å². The molecule has 0 bridgehead atoms. The Morgan fingerprint density at radius 3 is 3.07 bits per heavy atom. The van der Waals surface area contributed by atoms with Gasteiger partial charge in [0, 0.05) is 6.08 Å². The van der Waals surface area contributed by atoms with Gasteiger partial charge in [0.2, 0.25) is 0 Å². The van der Waals surface area contributed by atoms with Gasteiger partial charge in [0.05, 0.1) is 6.07 Å². The Balaban J connectivity index is 2.35. The molecule has 0 aromatic heterocycles. The van der Waals surface area contributed by atoms with E-state index in [0.717, 1.165) is 12.3 Å². The summed E-state index contributed by atoms with van der Waals surface area (Å²) >= 11 is 0. The van der Waals surface area contributed by atoms with E-state index in [1.165, 1.54) is 19.3 Å². The van der Waals surface area contributed by atoms with Crippen molar-refractivity contribution in [1.82, 2.24) is 0 Å². The summed E-state index contributed by atoms with van der Waals surface area (Å²) in [6, 6.07) is 2.04. The highest BCUT2D eigenvalue weighted by Gasteiger charge is 2.17. The Bertz CT molecular complexity index is 267. The molecular formula is C13H19N. The van der Waals surface area contributed by atoms with Gasteiger partial charge in [0.1, 0.15) is 0 Å². The van der Waals surface area contributed by atoms with Gasteiger partial charge >= 0.3 is 0 Å². The molecule has 0 aromatic carbocycles. The van der Waals surface area contributed by atoms with Crippen LogP contribution in [0.2, 0.25) is 0 Å². The van der Waals surface area contributed by atoms with Crippen LogP contribution in [0.3, 0.4) is 0 Å². The summed E-state index contributed by atoms with van der Waals surface area (Å²) in [5.41, 5.74) is 1.54. The van der Waals surface area contributed by atoms with E-state index in [2.05, 4.69) is 19.9 Å². The van der Waals surface area contributed by atoms with Crippen molar-refractivity contribution < 1.29 is 0 Å². The average Bonchev–Trinajstić information content (AvgIpc) is 2.19. The fourth-order valence-corrected chi connectivity index (χ4v) is 2.03. The molecular weight excluding hydrogens is 170 g/mol. The standard InChI is InChI=1S/C13H19N/c1-11-6-8-13(9-7-11)12(2)5-3-4-10-14/h3-4,6,12-13H,5,7-9H2,1-2H3/b4-3+/t12-,13-/m0/s1. The van der Waals surface area contributed by atoms with Crippen molar-refractivity contribution in [2.45, 2.75) is 39.5 Å². The van der Waals surface area contributed by atoms with Gasteiger partial charge in [-0.1, -0.05) is 24.6 Å². The van der Waals surface area contributed by atoms with Crippen LogP contribution < -0.4 is 0 Å². The molecule has 0 radical (unpaired) electrons. The van der Waals surface area contributed by atoms with Crippen molar-refractivity contribution in [3.8, 4) is 6.07 Å². The molecule has 1 rings (SSSR count). The number of hydrogen-bond acceptors (Lipinski definition) is 1. The molecule has 1 heteroatoms. The second kappa shape index (κ2) is 5.65. The van der Waals surface area contributed by atoms with Crippen LogP contribution in [0, 0.1) is 23.2 Å². The quantitative estimate of drug-likeness (QED) is 0.489. The second-order valence-corrected chi connectivity index (χ2v) is 4.33. The Morgan fingerprint density at radius 1 is 1.71 bits per heavy atom. The lowest BCUT2D eigenvalue weighted by Gasteiger charge is -2.25. The summed E-state index contributed by atoms with van der Waals surface area (Å²) in [6.07, 6.45) is 10.8. The summed E-state index contributed by atoms with van der Waals surface area (Å²) in [7, 11) is 0. The molecule has 0 spiro atoms. The highest BCUT2D eigenvalue weighted by Crippen LogP contribution is 2.30. The lowest BCUT2D eigenvalue weighted by atomic mass is 9.80. The van der Waals surface area contributed by atoms with Crippen molar-refractivity contribution in [1.29, 1.82) is 5.26 Å². The van der Waals surface area contributed by atoms with E-state index < -0.39 is 0 Å². The molecule has 0 heterocycles. The van der Waals surface area contributed by atoms with Crippen LogP contribution in [0.4, 0.5) is 0 Å². The summed E-state index contributed by atoms with van der Waals surface area (Å²) in [5, 5.41) is 8.38. The Hall–Kier alpha value is -1.03. The zero-order chi connectivity index (χ0) is 10.4. The first-order valence-electron chi connectivity index (χ1n) is 5.44. The molecule has 0 aliphatic heterocycles. The topological polar surface area (TPSA) is 23.8 Å². The number of rotatable bonds is 3. The molecule has 1 nitrogen and oxygen atoms in total. The molecule has 1 aliphatic carbocycles. The molecule has 0 fully saturated rings. The van der Waals surface area contributed by atoms with Crippen molar-refractivity contribution in [3.05, 3.63) is 23.8 Å². The highest BCUT2D eigenvalue weighted by molar-refractivity contribution is 5.05. The maximum atomic E-state index is 8.38. The lowest BCUT2D eigenvalue weighted by Crippen LogP contribution is -2.13. The SMILES string of the molecule is CC1=CC[C@H]([C@@H](C)C/C=C/C#N)CC1. The van der Waals surface area contributed by atoms with Crippen LogP contribution in [-0.4, -0.2) is 0 Å². The average molecular weight is 189 g/mol. The first-order valence-corrected chi connectivity index (χ1v) is 5.44. The first-order chi connectivity index (χ1) is 6.74. The fraction of sp³-hybridized carbons (Fsp3) is 0.615. The van der Waals surface area contributed by atoms with E-state index in [9.17, 15) is 0 Å². The zero-order valence-corrected chi connectivity index (χ0v) is 9.16. The minimum absolute atomic E-state index is 0.712. The summed E-state index contributed by atoms with van der Waals surface area (Å²) in [4.78, 5) is 0. The Kier molecular flexibility index (Phi) is 4.46. The van der Waals surface area contributed by atoms with E-state index in [4.69, 9.17) is 5.26 Å². The van der Waals surface area contributed by atoms with Gasteiger partial charge in [-0.3, -0.25) is 0 Å². The van der Waals surface area contributed by atoms with Crippen LogP contribution in [-0.2, 0) is 0 Å². The molecule has 2 atom stereocenters. The van der Waals surface area contributed by atoms with Crippen molar-refractivity contribution >= 4 is 0 Å². The van der Waals surface area contributed by atoms with Gasteiger partial charge in [-0.15, -0.1) is 0 Å². The largest absolute Gasteiger partial charge is 0.193 e. The van der Waals surface area contributed by atoms with E-state index >= 15 is 0 Å². The normalized spacial score (nSPS) is 24.4.